The molecule has 0 radical (unpaired) electrons. The van der Waals surface area contributed by atoms with Gasteiger partial charge in [0, 0.05) is 0 Å². The summed E-state index contributed by atoms with van der Waals surface area (Å²) in [6, 6.07) is 5.33. The molecule has 1 rings (SSSR count). The fraction of sp³-hybridized carbons (Fsp3) is 0.300. The molecule has 13 heavy (non-hydrogen) atoms. The second-order valence-electron chi connectivity index (χ2n) is 3.23. The van der Waals surface area contributed by atoms with Gasteiger partial charge in [-0.05, 0) is 17.5 Å². The molecule has 0 unspecified atom stereocenters. The fourth-order valence-electron chi connectivity index (χ4n) is 1.19. The van der Waals surface area contributed by atoms with Crippen molar-refractivity contribution >= 4 is 17.5 Å². The monoisotopic (exact) mass is 197 g/mol. The number of hydrogen-bond donors (Lipinski definition) is 1. The van der Waals surface area contributed by atoms with Crippen LogP contribution in [0.5, 0.6) is 0 Å². The van der Waals surface area contributed by atoms with Crippen molar-refractivity contribution in [2.75, 3.05) is 0 Å². The molecule has 0 aliphatic rings. The van der Waals surface area contributed by atoms with Gasteiger partial charge < -0.3 is 5.73 Å². The molecular weight excluding hydrogens is 186 g/mol. The highest BCUT2D eigenvalue weighted by Gasteiger charge is 2.11. The van der Waals surface area contributed by atoms with Crippen molar-refractivity contribution in [3.8, 4) is 0 Å². The van der Waals surface area contributed by atoms with Crippen LogP contribution in [0, 0.1) is 0 Å². The summed E-state index contributed by atoms with van der Waals surface area (Å²) >= 11 is 6.00. The Balaban J connectivity index is 3.26. The molecule has 0 aliphatic carbocycles. The lowest BCUT2D eigenvalue weighted by atomic mass is 10.0. The van der Waals surface area contributed by atoms with Gasteiger partial charge in [0.15, 0.2) is 0 Å². The van der Waals surface area contributed by atoms with Gasteiger partial charge in [0.2, 0.25) is 5.91 Å². The van der Waals surface area contributed by atoms with E-state index in [0.29, 0.717) is 16.5 Å². The van der Waals surface area contributed by atoms with Crippen LogP contribution in [0.1, 0.15) is 35.7 Å². The van der Waals surface area contributed by atoms with Crippen LogP contribution in [0.3, 0.4) is 0 Å². The van der Waals surface area contributed by atoms with Crippen LogP contribution < -0.4 is 5.73 Å². The average molecular weight is 198 g/mol. The first-order valence-electron chi connectivity index (χ1n) is 4.12. The third-order valence-corrected chi connectivity index (χ3v) is 2.34. The van der Waals surface area contributed by atoms with E-state index in [1.807, 2.05) is 19.9 Å². The van der Waals surface area contributed by atoms with Crippen molar-refractivity contribution in [1.29, 1.82) is 0 Å². The number of hydrogen-bond acceptors (Lipinski definition) is 1. The minimum Gasteiger partial charge on any atom is -0.366 e. The molecule has 0 aromatic heterocycles. The van der Waals surface area contributed by atoms with Gasteiger partial charge in [-0.1, -0.05) is 37.6 Å². The van der Waals surface area contributed by atoms with E-state index in [1.165, 1.54) is 0 Å². The Morgan fingerprint density at radius 1 is 1.46 bits per heavy atom. The standard InChI is InChI=1S/C10H12ClNO/c1-6(2)7-4-3-5-8(9(7)11)10(12)13/h3-6H,1-2H3,(H2,12,13). The van der Waals surface area contributed by atoms with Crippen molar-refractivity contribution in [2.24, 2.45) is 5.73 Å². The molecule has 1 aromatic rings. The molecule has 0 heterocycles. The third-order valence-electron chi connectivity index (χ3n) is 1.92. The molecule has 0 atom stereocenters. The molecule has 0 bridgehead atoms. The summed E-state index contributed by atoms with van der Waals surface area (Å²) < 4.78 is 0. The lowest BCUT2D eigenvalue weighted by molar-refractivity contribution is 0.100. The number of halogens is 1. The Labute approximate surface area is 82.7 Å². The zero-order valence-electron chi connectivity index (χ0n) is 7.67. The number of benzene rings is 1. The normalized spacial score (nSPS) is 10.5. The second kappa shape index (κ2) is 3.79. The van der Waals surface area contributed by atoms with Gasteiger partial charge in [-0.3, -0.25) is 4.79 Å². The third kappa shape index (κ3) is 2.01. The van der Waals surface area contributed by atoms with E-state index in [9.17, 15) is 4.79 Å². The van der Waals surface area contributed by atoms with E-state index in [-0.39, 0.29) is 0 Å². The smallest absolute Gasteiger partial charge is 0.250 e. The first-order chi connectivity index (χ1) is 6.04. The maximum Gasteiger partial charge on any atom is 0.250 e. The predicted molar refractivity (Wildman–Crippen MR) is 54.1 cm³/mol. The molecule has 0 spiro atoms. The van der Waals surface area contributed by atoms with Crippen LogP contribution in [-0.4, -0.2) is 5.91 Å². The van der Waals surface area contributed by atoms with Crippen LogP contribution in [0.2, 0.25) is 5.02 Å². The van der Waals surface area contributed by atoms with Crippen molar-refractivity contribution in [3.05, 3.63) is 34.3 Å². The molecule has 0 aliphatic heterocycles. The second-order valence-corrected chi connectivity index (χ2v) is 3.61. The van der Waals surface area contributed by atoms with E-state index in [1.54, 1.807) is 12.1 Å². The van der Waals surface area contributed by atoms with Crippen LogP contribution in [0.15, 0.2) is 18.2 Å². The van der Waals surface area contributed by atoms with Gasteiger partial charge in [-0.2, -0.15) is 0 Å². The van der Waals surface area contributed by atoms with Gasteiger partial charge in [-0.15, -0.1) is 0 Å². The number of amides is 1. The number of rotatable bonds is 2. The molecule has 0 fully saturated rings. The summed E-state index contributed by atoms with van der Waals surface area (Å²) in [5.74, 6) is -0.181. The number of primary amides is 1. The van der Waals surface area contributed by atoms with Gasteiger partial charge >= 0.3 is 0 Å². The lowest BCUT2D eigenvalue weighted by Crippen LogP contribution is -2.12. The molecule has 3 heteroatoms. The predicted octanol–water partition coefficient (Wildman–Crippen LogP) is 2.56. The average Bonchev–Trinajstić information content (AvgIpc) is 2.03. The van der Waals surface area contributed by atoms with Crippen LogP contribution in [0.25, 0.3) is 0 Å². The van der Waals surface area contributed by atoms with Gasteiger partial charge in [-0.25, -0.2) is 0 Å². The summed E-state index contributed by atoms with van der Waals surface area (Å²) in [7, 11) is 0. The minimum absolute atomic E-state index is 0.298. The van der Waals surface area contributed by atoms with Crippen LogP contribution in [0.4, 0.5) is 0 Å². The Morgan fingerprint density at radius 2 is 2.08 bits per heavy atom. The largest absolute Gasteiger partial charge is 0.366 e. The number of nitrogens with two attached hydrogens (primary N) is 1. The van der Waals surface area contributed by atoms with Gasteiger partial charge in [0.1, 0.15) is 0 Å². The first-order valence-corrected chi connectivity index (χ1v) is 4.50. The molecule has 1 aromatic carbocycles. The van der Waals surface area contributed by atoms with E-state index >= 15 is 0 Å². The Hall–Kier alpha value is -1.02. The maximum atomic E-state index is 10.9. The van der Waals surface area contributed by atoms with Crippen LogP contribution in [-0.2, 0) is 0 Å². The molecule has 0 saturated heterocycles. The lowest BCUT2D eigenvalue weighted by Gasteiger charge is -2.09. The zero-order chi connectivity index (χ0) is 10.0. The number of carbonyl (C=O) groups excluding carboxylic acids is 1. The Morgan fingerprint density at radius 3 is 2.54 bits per heavy atom. The van der Waals surface area contributed by atoms with E-state index in [2.05, 4.69) is 0 Å². The molecule has 0 saturated carbocycles. The van der Waals surface area contributed by atoms with E-state index < -0.39 is 5.91 Å². The van der Waals surface area contributed by atoms with E-state index in [4.69, 9.17) is 17.3 Å². The first kappa shape index (κ1) is 10.1. The maximum absolute atomic E-state index is 10.9. The number of carbonyl (C=O) groups is 1. The van der Waals surface area contributed by atoms with Crippen molar-refractivity contribution in [1.82, 2.24) is 0 Å². The summed E-state index contributed by atoms with van der Waals surface area (Å²) in [5.41, 5.74) is 6.51. The fourth-order valence-corrected chi connectivity index (χ4v) is 1.62. The molecule has 2 N–H and O–H groups in total. The Kier molecular flexibility index (Phi) is 2.94. The topological polar surface area (TPSA) is 43.1 Å². The molecule has 2 nitrogen and oxygen atoms in total. The quantitative estimate of drug-likeness (QED) is 0.778. The molecule has 1 amide bonds. The minimum atomic E-state index is -0.479. The molecule has 70 valence electrons. The van der Waals surface area contributed by atoms with E-state index in [0.717, 1.165) is 5.56 Å². The zero-order valence-corrected chi connectivity index (χ0v) is 8.43. The Bertz CT molecular complexity index is 334. The molecular formula is C10H12ClNO. The highest BCUT2D eigenvalue weighted by Crippen LogP contribution is 2.26. The van der Waals surface area contributed by atoms with Crippen molar-refractivity contribution in [2.45, 2.75) is 19.8 Å². The summed E-state index contributed by atoms with van der Waals surface area (Å²) in [4.78, 5) is 10.9. The summed E-state index contributed by atoms with van der Waals surface area (Å²) in [6.45, 7) is 4.04. The SMILES string of the molecule is CC(C)c1cccc(C(N)=O)c1Cl. The highest BCUT2D eigenvalue weighted by atomic mass is 35.5. The van der Waals surface area contributed by atoms with Crippen LogP contribution >= 0.6 is 11.6 Å². The van der Waals surface area contributed by atoms with Crippen molar-refractivity contribution in [3.63, 3.8) is 0 Å². The summed E-state index contributed by atoms with van der Waals surface area (Å²) in [6.07, 6.45) is 0. The van der Waals surface area contributed by atoms with Crippen molar-refractivity contribution < 1.29 is 4.79 Å². The highest BCUT2D eigenvalue weighted by molar-refractivity contribution is 6.34. The summed E-state index contributed by atoms with van der Waals surface area (Å²) in [5, 5.41) is 0.477. The van der Waals surface area contributed by atoms with Gasteiger partial charge in [0.25, 0.3) is 0 Å². The van der Waals surface area contributed by atoms with Gasteiger partial charge in [0.05, 0.1) is 10.6 Å².